The van der Waals surface area contributed by atoms with Gasteiger partial charge in [0, 0.05) is 24.6 Å². The lowest BCUT2D eigenvalue weighted by molar-refractivity contribution is -0.136. The number of nitrogens with zero attached hydrogens (tertiary/aromatic N) is 7. The molecule has 17 heteroatoms. The molecule has 0 aliphatic carbocycles. The van der Waals surface area contributed by atoms with Crippen LogP contribution in [0.15, 0.2) is 77.4 Å². The number of carbonyl (C=O) groups excluding carboxylic acids is 6. The average molecular weight is 772 g/mol. The van der Waals surface area contributed by atoms with Crippen LogP contribution in [0.2, 0.25) is 0 Å². The van der Waals surface area contributed by atoms with E-state index in [0.29, 0.717) is 11.5 Å². The van der Waals surface area contributed by atoms with Crippen LogP contribution >= 0.6 is 0 Å². The maximum atomic E-state index is 14.0. The third-order valence-electron chi connectivity index (χ3n) is 10.3. The highest BCUT2D eigenvalue weighted by molar-refractivity contribution is 6.26. The van der Waals surface area contributed by atoms with Crippen LogP contribution in [0.25, 0.3) is 11.1 Å². The molecule has 2 N–H and O–H groups in total. The number of hydrogen-bond donors (Lipinski definition) is 2. The lowest BCUT2D eigenvalue weighted by Gasteiger charge is -2.41. The first-order valence-electron chi connectivity index (χ1n) is 18.3. The fourth-order valence-electron chi connectivity index (χ4n) is 7.68. The van der Waals surface area contributed by atoms with Crippen molar-refractivity contribution < 1.29 is 38.0 Å². The van der Waals surface area contributed by atoms with Crippen LogP contribution in [0.5, 0.6) is 0 Å². The van der Waals surface area contributed by atoms with Crippen molar-refractivity contribution in [3.8, 4) is 11.1 Å². The molecule has 2 aromatic heterocycles. The van der Waals surface area contributed by atoms with Gasteiger partial charge in [0.05, 0.1) is 60.1 Å². The minimum atomic E-state index is -1.13. The third kappa shape index (κ3) is 6.81. The standard InChI is InChI=1S/C40H37N9O8/c1-22-34(23(2)57-44-22)25-12-13-30-28(18-25)36(24-8-5-4-6-9-24)48(40(55)46(30)3)20-26-19-47(45-43-26)16-17-56-21-33(51)41-29-11-7-10-27-35(29)39(54)49(38(27)53)31-14-15-32(50)42-37(31)52/h4-13,18-19,31,36H,14-17,20-21H2,1-3H3,(H,41,51)(H,42,50,52). The number of anilines is 2. The molecule has 3 aromatic carbocycles. The largest absolute Gasteiger partial charge is 0.370 e. The SMILES string of the molecule is Cc1noc(C)c1-c1ccc2c(c1)C(c1ccccc1)N(Cc1cn(CCOCC(=O)Nc3cccc4c3C(=O)N(C3CCC(=O)NC3=O)C4=O)nn1)C(=O)N2C. The van der Waals surface area contributed by atoms with Crippen molar-refractivity contribution in [1.29, 1.82) is 0 Å². The number of ether oxygens (including phenoxy) is 1. The van der Waals surface area contributed by atoms with Crippen molar-refractivity contribution in [1.82, 2.24) is 35.3 Å². The van der Waals surface area contributed by atoms with Gasteiger partial charge in [0.2, 0.25) is 17.7 Å². The van der Waals surface area contributed by atoms with Crippen LogP contribution < -0.4 is 15.5 Å². The Hall–Kier alpha value is -7.01. The first-order chi connectivity index (χ1) is 27.5. The lowest BCUT2D eigenvalue weighted by atomic mass is 9.90. The minimum Gasteiger partial charge on any atom is -0.370 e. The first-order valence-corrected chi connectivity index (χ1v) is 18.3. The second-order valence-corrected chi connectivity index (χ2v) is 14.0. The Balaban J connectivity index is 0.915. The van der Waals surface area contributed by atoms with Crippen LogP contribution in [0.1, 0.15) is 67.9 Å². The zero-order valence-corrected chi connectivity index (χ0v) is 31.2. The van der Waals surface area contributed by atoms with E-state index in [2.05, 4.69) is 32.2 Å². The van der Waals surface area contributed by atoms with Crippen LogP contribution in [-0.4, -0.2) is 91.8 Å². The summed E-state index contributed by atoms with van der Waals surface area (Å²) in [6.45, 7) is 3.89. The molecule has 3 aliphatic heterocycles. The maximum absolute atomic E-state index is 14.0. The number of amides is 7. The highest BCUT2D eigenvalue weighted by Crippen LogP contribution is 2.43. The van der Waals surface area contributed by atoms with E-state index < -0.39 is 41.6 Å². The molecular weight excluding hydrogens is 734 g/mol. The van der Waals surface area contributed by atoms with E-state index in [-0.39, 0.29) is 62.0 Å². The van der Waals surface area contributed by atoms with Crippen molar-refractivity contribution in [2.75, 3.05) is 30.5 Å². The van der Waals surface area contributed by atoms with Crippen molar-refractivity contribution in [3.05, 3.63) is 112 Å². The topological polar surface area (TPSA) is 202 Å². The Bertz CT molecular complexity index is 2440. The molecule has 5 aromatic rings. The van der Waals surface area contributed by atoms with E-state index in [1.165, 1.54) is 18.2 Å². The Morgan fingerprint density at radius 3 is 2.54 bits per heavy atom. The molecule has 2 unspecified atom stereocenters. The Kier molecular flexibility index (Phi) is 9.66. The zero-order chi connectivity index (χ0) is 40.0. The predicted octanol–water partition coefficient (Wildman–Crippen LogP) is 3.77. The summed E-state index contributed by atoms with van der Waals surface area (Å²) < 4.78 is 12.6. The second kappa shape index (κ2) is 14.9. The third-order valence-corrected chi connectivity index (χ3v) is 10.3. The highest BCUT2D eigenvalue weighted by atomic mass is 16.5. The van der Waals surface area contributed by atoms with Crippen LogP contribution in [0.3, 0.4) is 0 Å². The zero-order valence-electron chi connectivity index (χ0n) is 31.2. The monoisotopic (exact) mass is 771 g/mol. The summed E-state index contributed by atoms with van der Waals surface area (Å²) in [6.07, 6.45) is 1.73. The van der Waals surface area contributed by atoms with Gasteiger partial charge in [0.15, 0.2) is 0 Å². The van der Waals surface area contributed by atoms with E-state index in [0.717, 1.165) is 38.5 Å². The maximum Gasteiger partial charge on any atom is 0.325 e. The molecule has 0 bridgehead atoms. The Morgan fingerprint density at radius 1 is 0.982 bits per heavy atom. The number of benzene rings is 3. The quantitative estimate of drug-likeness (QED) is 0.146. The van der Waals surface area contributed by atoms with E-state index in [4.69, 9.17) is 9.26 Å². The molecule has 1 fully saturated rings. The number of hydrogen-bond acceptors (Lipinski definition) is 11. The normalized spacial score (nSPS) is 17.9. The van der Waals surface area contributed by atoms with Crippen molar-refractivity contribution in [3.63, 3.8) is 0 Å². The number of aryl methyl sites for hydroxylation is 2. The number of carbonyl (C=O) groups is 6. The first kappa shape index (κ1) is 36.9. The molecule has 8 rings (SSSR count). The summed E-state index contributed by atoms with van der Waals surface area (Å²) >= 11 is 0. The van der Waals surface area contributed by atoms with Gasteiger partial charge in [0.25, 0.3) is 11.8 Å². The molecule has 290 valence electrons. The molecule has 3 aliphatic rings. The van der Waals surface area contributed by atoms with Crippen molar-refractivity contribution in [2.24, 2.45) is 0 Å². The van der Waals surface area contributed by atoms with Gasteiger partial charge in [0.1, 0.15) is 24.1 Å². The summed E-state index contributed by atoms with van der Waals surface area (Å²) in [5, 5.41) is 17.5. The van der Waals surface area contributed by atoms with Gasteiger partial charge in [-0.15, -0.1) is 5.10 Å². The van der Waals surface area contributed by atoms with Crippen molar-refractivity contribution >= 4 is 46.9 Å². The molecule has 5 heterocycles. The molecule has 0 radical (unpaired) electrons. The van der Waals surface area contributed by atoms with Crippen molar-refractivity contribution in [2.45, 2.75) is 51.9 Å². The van der Waals surface area contributed by atoms with Gasteiger partial charge in [-0.3, -0.25) is 39.1 Å². The van der Waals surface area contributed by atoms with Gasteiger partial charge in [-0.2, -0.15) is 0 Å². The summed E-state index contributed by atoms with van der Waals surface area (Å²) in [5.74, 6) is -2.47. The van der Waals surface area contributed by atoms with Crippen LogP contribution in [0.4, 0.5) is 16.2 Å². The summed E-state index contributed by atoms with van der Waals surface area (Å²) in [4.78, 5) is 81.6. The molecule has 2 atom stereocenters. The molecule has 0 spiro atoms. The van der Waals surface area contributed by atoms with E-state index in [1.807, 2.05) is 56.3 Å². The summed E-state index contributed by atoms with van der Waals surface area (Å²) in [6, 6.07) is 18.5. The van der Waals surface area contributed by atoms with Gasteiger partial charge in [-0.25, -0.2) is 9.48 Å². The van der Waals surface area contributed by atoms with Gasteiger partial charge >= 0.3 is 6.03 Å². The summed E-state index contributed by atoms with van der Waals surface area (Å²) in [5.41, 5.74) is 5.92. The Morgan fingerprint density at radius 2 is 1.79 bits per heavy atom. The van der Waals surface area contributed by atoms with E-state index in [1.54, 1.807) is 27.7 Å². The number of fused-ring (bicyclic) bond motifs is 2. The van der Waals surface area contributed by atoms with Gasteiger partial charge in [-0.05, 0) is 55.7 Å². The fraction of sp³-hybridized carbons (Fsp3) is 0.275. The number of nitrogens with one attached hydrogen (secondary N) is 2. The van der Waals surface area contributed by atoms with E-state index in [9.17, 15) is 28.8 Å². The number of urea groups is 1. The van der Waals surface area contributed by atoms with Crippen LogP contribution in [0, 0.1) is 13.8 Å². The number of aromatic nitrogens is 4. The lowest BCUT2D eigenvalue weighted by Crippen LogP contribution is -2.54. The molecule has 17 nitrogen and oxygen atoms in total. The number of rotatable bonds is 11. The predicted molar refractivity (Wildman–Crippen MR) is 202 cm³/mol. The van der Waals surface area contributed by atoms with Gasteiger partial charge < -0.3 is 19.5 Å². The number of imide groups is 2. The average Bonchev–Trinajstić information content (AvgIpc) is 3.87. The molecule has 7 amide bonds. The second-order valence-electron chi connectivity index (χ2n) is 14.0. The minimum absolute atomic E-state index is 0.00729. The van der Waals surface area contributed by atoms with E-state index >= 15 is 0 Å². The molecular formula is C40H37N9O8. The smallest absolute Gasteiger partial charge is 0.325 e. The molecule has 1 saturated heterocycles. The summed E-state index contributed by atoms with van der Waals surface area (Å²) in [7, 11) is 1.74. The number of piperidine rings is 1. The fourth-order valence-corrected chi connectivity index (χ4v) is 7.68. The van der Waals surface area contributed by atoms with Crippen LogP contribution in [-0.2, 0) is 32.2 Å². The molecule has 57 heavy (non-hydrogen) atoms. The Labute approximate surface area is 325 Å². The van der Waals surface area contributed by atoms with Gasteiger partial charge in [-0.1, -0.05) is 52.8 Å². The highest BCUT2D eigenvalue weighted by Gasteiger charge is 2.46. The molecule has 0 saturated carbocycles.